The van der Waals surface area contributed by atoms with Crippen LogP contribution >= 0.6 is 11.6 Å². The monoisotopic (exact) mass is 393 g/mol. The summed E-state index contributed by atoms with van der Waals surface area (Å²) in [6.45, 7) is 9.63. The minimum absolute atomic E-state index is 0.112. The van der Waals surface area contributed by atoms with Crippen LogP contribution in [0.2, 0.25) is 5.02 Å². The summed E-state index contributed by atoms with van der Waals surface area (Å²) in [5, 5.41) is 6.95. The van der Waals surface area contributed by atoms with Crippen molar-refractivity contribution in [2.24, 2.45) is 13.0 Å². The lowest BCUT2D eigenvalue weighted by molar-refractivity contribution is 0.0487. The smallest absolute Gasteiger partial charge is 0.407 e. The van der Waals surface area contributed by atoms with E-state index in [1.165, 1.54) is 0 Å². The molecule has 1 aromatic carbocycles. The summed E-state index contributed by atoms with van der Waals surface area (Å²) in [4.78, 5) is 24.8. The van der Waals surface area contributed by atoms with Crippen LogP contribution in [0.5, 0.6) is 0 Å². The molecule has 0 radical (unpaired) electrons. The van der Waals surface area contributed by atoms with E-state index in [1.54, 1.807) is 25.3 Å². The molecule has 7 heteroatoms. The molecular formula is C20H28ClN3O3. The van der Waals surface area contributed by atoms with E-state index in [4.69, 9.17) is 16.3 Å². The van der Waals surface area contributed by atoms with Gasteiger partial charge in [-0.25, -0.2) is 4.79 Å². The van der Waals surface area contributed by atoms with Gasteiger partial charge in [-0.3, -0.25) is 4.79 Å². The number of amides is 2. The van der Waals surface area contributed by atoms with Crippen LogP contribution < -0.4 is 10.6 Å². The maximum absolute atomic E-state index is 12.7. The highest BCUT2D eigenvalue weighted by Crippen LogP contribution is 2.29. The lowest BCUT2D eigenvalue weighted by Gasteiger charge is -2.26. The van der Waals surface area contributed by atoms with Crippen LogP contribution in [0.1, 0.15) is 45.1 Å². The molecule has 27 heavy (non-hydrogen) atoms. The first-order valence-electron chi connectivity index (χ1n) is 9.02. The molecule has 0 fully saturated rings. The van der Waals surface area contributed by atoms with Crippen LogP contribution in [0.3, 0.4) is 0 Å². The SMILES string of the molecule is CC(C)C(CNC(=O)c1c(Cl)c2ccccc2n1C)NC(=O)OC(C)(C)C. The first-order chi connectivity index (χ1) is 12.5. The third kappa shape index (κ3) is 5.16. The van der Waals surface area contributed by atoms with E-state index in [0.717, 1.165) is 10.9 Å². The van der Waals surface area contributed by atoms with E-state index in [0.29, 0.717) is 10.7 Å². The van der Waals surface area contributed by atoms with Crippen molar-refractivity contribution in [3.63, 3.8) is 0 Å². The van der Waals surface area contributed by atoms with Gasteiger partial charge in [0.05, 0.1) is 11.1 Å². The highest BCUT2D eigenvalue weighted by atomic mass is 35.5. The number of hydrogen-bond donors (Lipinski definition) is 2. The molecule has 2 amide bonds. The Labute approximate surface area is 165 Å². The van der Waals surface area contributed by atoms with Crippen molar-refractivity contribution >= 4 is 34.5 Å². The predicted octanol–water partition coefficient (Wildman–Crippen LogP) is 4.11. The molecule has 2 rings (SSSR count). The number of benzene rings is 1. The van der Waals surface area contributed by atoms with E-state index in [9.17, 15) is 9.59 Å². The standard InChI is InChI=1S/C20H28ClN3O3/c1-12(2)14(23-19(26)27-20(3,4)5)11-22-18(25)17-16(21)13-9-7-8-10-15(13)24(17)6/h7-10,12,14H,11H2,1-6H3,(H,22,25)(H,23,26). The lowest BCUT2D eigenvalue weighted by atomic mass is 10.0. The van der Waals surface area contributed by atoms with E-state index >= 15 is 0 Å². The number of aromatic nitrogens is 1. The van der Waals surface area contributed by atoms with Gasteiger partial charge in [0.15, 0.2) is 0 Å². The van der Waals surface area contributed by atoms with E-state index < -0.39 is 11.7 Å². The Hall–Kier alpha value is -2.21. The normalized spacial score (nSPS) is 12.9. The van der Waals surface area contributed by atoms with Crippen molar-refractivity contribution in [2.75, 3.05) is 6.54 Å². The number of carbonyl (C=O) groups is 2. The quantitative estimate of drug-likeness (QED) is 0.802. The first-order valence-corrected chi connectivity index (χ1v) is 9.39. The number of fused-ring (bicyclic) bond motifs is 1. The number of nitrogens with one attached hydrogen (secondary N) is 2. The van der Waals surface area contributed by atoms with Crippen LogP contribution in [0.4, 0.5) is 4.79 Å². The van der Waals surface area contributed by atoms with Crippen LogP contribution in [-0.2, 0) is 11.8 Å². The van der Waals surface area contributed by atoms with Crippen LogP contribution in [0.15, 0.2) is 24.3 Å². The fourth-order valence-corrected chi connectivity index (χ4v) is 3.17. The largest absolute Gasteiger partial charge is 0.444 e. The first kappa shape index (κ1) is 21.1. The van der Waals surface area contributed by atoms with Gasteiger partial charge in [0, 0.05) is 24.5 Å². The molecule has 6 nitrogen and oxygen atoms in total. The molecule has 1 heterocycles. The molecule has 0 bridgehead atoms. The van der Waals surface area contributed by atoms with Crippen molar-refractivity contribution in [1.29, 1.82) is 0 Å². The molecular weight excluding hydrogens is 366 g/mol. The molecule has 148 valence electrons. The predicted molar refractivity (Wildman–Crippen MR) is 108 cm³/mol. The van der Waals surface area contributed by atoms with Gasteiger partial charge in [0.1, 0.15) is 11.3 Å². The Kier molecular flexibility index (Phi) is 6.42. The Balaban J connectivity index is 2.09. The third-order valence-electron chi connectivity index (χ3n) is 4.25. The molecule has 0 saturated heterocycles. The topological polar surface area (TPSA) is 72.4 Å². The number of carbonyl (C=O) groups excluding carboxylic acids is 2. The average Bonchev–Trinajstić information content (AvgIpc) is 2.81. The summed E-state index contributed by atoms with van der Waals surface area (Å²) >= 11 is 6.42. The summed E-state index contributed by atoms with van der Waals surface area (Å²) < 4.78 is 7.08. The number of ether oxygens (including phenoxy) is 1. The molecule has 2 aromatic rings. The number of hydrogen-bond acceptors (Lipinski definition) is 3. The molecule has 1 atom stereocenters. The highest BCUT2D eigenvalue weighted by Gasteiger charge is 2.24. The third-order valence-corrected chi connectivity index (χ3v) is 4.63. The molecule has 1 aromatic heterocycles. The highest BCUT2D eigenvalue weighted by molar-refractivity contribution is 6.38. The maximum atomic E-state index is 12.7. The van der Waals surface area contributed by atoms with Gasteiger partial charge in [-0.1, -0.05) is 43.6 Å². The molecule has 0 spiro atoms. The second-order valence-electron chi connectivity index (χ2n) is 7.95. The fraction of sp³-hybridized carbons (Fsp3) is 0.500. The number of rotatable bonds is 5. The van der Waals surface area contributed by atoms with E-state index in [2.05, 4.69) is 10.6 Å². The minimum atomic E-state index is -0.578. The second kappa shape index (κ2) is 8.21. The number of halogens is 1. The van der Waals surface area contributed by atoms with Gasteiger partial charge in [-0.2, -0.15) is 0 Å². The van der Waals surface area contributed by atoms with Gasteiger partial charge in [-0.15, -0.1) is 0 Å². The Morgan fingerprint density at radius 1 is 1.22 bits per heavy atom. The van der Waals surface area contributed by atoms with E-state index in [1.807, 2.05) is 45.2 Å². The van der Waals surface area contributed by atoms with Gasteiger partial charge < -0.3 is 19.9 Å². The number of para-hydroxylation sites is 1. The van der Waals surface area contributed by atoms with Gasteiger partial charge in [0.25, 0.3) is 5.91 Å². The number of alkyl carbamates (subject to hydrolysis) is 1. The molecule has 0 saturated carbocycles. The van der Waals surface area contributed by atoms with Gasteiger partial charge in [0.2, 0.25) is 0 Å². The Bertz CT molecular complexity index is 798. The summed E-state index contributed by atoms with van der Waals surface area (Å²) in [7, 11) is 1.81. The van der Waals surface area contributed by atoms with Crippen molar-refractivity contribution in [2.45, 2.75) is 46.3 Å². The fourth-order valence-electron chi connectivity index (χ4n) is 2.80. The zero-order valence-electron chi connectivity index (χ0n) is 16.7. The van der Waals surface area contributed by atoms with Crippen LogP contribution in [0, 0.1) is 5.92 Å². The van der Waals surface area contributed by atoms with Crippen molar-refractivity contribution in [3.05, 3.63) is 35.0 Å². The Morgan fingerprint density at radius 2 is 1.85 bits per heavy atom. The summed E-state index contributed by atoms with van der Waals surface area (Å²) in [6, 6.07) is 7.32. The van der Waals surface area contributed by atoms with Crippen molar-refractivity contribution < 1.29 is 14.3 Å². The average molecular weight is 394 g/mol. The summed E-state index contributed by atoms with van der Waals surface area (Å²) in [5.74, 6) is -0.170. The second-order valence-corrected chi connectivity index (χ2v) is 8.32. The summed E-state index contributed by atoms with van der Waals surface area (Å²) in [5.41, 5.74) is 0.712. The molecule has 2 N–H and O–H groups in total. The summed E-state index contributed by atoms with van der Waals surface area (Å²) in [6.07, 6.45) is -0.502. The van der Waals surface area contributed by atoms with Gasteiger partial charge in [-0.05, 0) is 32.8 Å². The number of nitrogens with zero attached hydrogens (tertiary/aromatic N) is 1. The molecule has 0 aliphatic heterocycles. The van der Waals surface area contributed by atoms with Gasteiger partial charge >= 0.3 is 6.09 Å². The van der Waals surface area contributed by atoms with Crippen LogP contribution in [-0.4, -0.2) is 34.8 Å². The molecule has 0 aliphatic rings. The van der Waals surface area contributed by atoms with Crippen molar-refractivity contribution in [3.8, 4) is 0 Å². The molecule has 0 aliphatic carbocycles. The zero-order chi connectivity index (χ0) is 20.4. The van der Waals surface area contributed by atoms with E-state index in [-0.39, 0.29) is 24.4 Å². The number of aryl methyl sites for hydroxylation is 1. The molecule has 1 unspecified atom stereocenters. The zero-order valence-corrected chi connectivity index (χ0v) is 17.5. The lowest BCUT2D eigenvalue weighted by Crippen LogP contribution is -2.48. The maximum Gasteiger partial charge on any atom is 0.407 e. The van der Waals surface area contributed by atoms with Crippen molar-refractivity contribution in [1.82, 2.24) is 15.2 Å². The minimum Gasteiger partial charge on any atom is -0.444 e. The Morgan fingerprint density at radius 3 is 2.41 bits per heavy atom. The van der Waals surface area contributed by atoms with Crippen LogP contribution in [0.25, 0.3) is 10.9 Å².